The predicted molar refractivity (Wildman–Crippen MR) is 93.4 cm³/mol. The average Bonchev–Trinajstić information content (AvgIpc) is 2.84. The molecular weight excluding hydrogens is 266 g/mol. The summed E-state index contributed by atoms with van der Waals surface area (Å²) in [6.45, 7) is 9.39. The van der Waals surface area contributed by atoms with Crippen molar-refractivity contribution in [1.82, 2.24) is 0 Å². The minimum atomic E-state index is 0.486. The fourth-order valence-corrected chi connectivity index (χ4v) is 7.72. The topological polar surface area (TPSA) is 26.0 Å². The van der Waals surface area contributed by atoms with Gasteiger partial charge in [0.2, 0.25) is 0 Å². The third kappa shape index (κ3) is 1.93. The number of hydrogen-bond donors (Lipinski definition) is 1. The van der Waals surface area contributed by atoms with Gasteiger partial charge in [-0.25, -0.2) is 0 Å². The summed E-state index contributed by atoms with van der Waals surface area (Å²) in [7, 11) is 0. The molecule has 4 saturated carbocycles. The Morgan fingerprint density at radius 1 is 0.909 bits per heavy atom. The summed E-state index contributed by atoms with van der Waals surface area (Å²) in [5, 5.41) is 0. The summed E-state index contributed by atoms with van der Waals surface area (Å²) in [5.41, 5.74) is 7.47. The monoisotopic (exact) mass is 301 g/mol. The van der Waals surface area contributed by atoms with Gasteiger partial charge in [0.05, 0.1) is 0 Å². The van der Waals surface area contributed by atoms with Crippen molar-refractivity contribution in [1.29, 1.82) is 0 Å². The molecule has 4 rings (SSSR count). The summed E-state index contributed by atoms with van der Waals surface area (Å²) in [6.07, 6.45) is 15.0. The molecule has 22 heavy (non-hydrogen) atoms. The largest absolute Gasteiger partial charge is 0.328 e. The lowest BCUT2D eigenvalue weighted by Crippen LogP contribution is -2.54. The van der Waals surface area contributed by atoms with E-state index >= 15 is 0 Å². The van der Waals surface area contributed by atoms with Gasteiger partial charge in [0.15, 0.2) is 0 Å². The van der Waals surface area contributed by atoms with Crippen LogP contribution in [0, 0.1) is 40.4 Å². The van der Waals surface area contributed by atoms with Crippen LogP contribution in [0.1, 0.15) is 71.6 Å². The van der Waals surface area contributed by atoms with Gasteiger partial charge in [-0.05, 0) is 98.2 Å². The molecule has 4 aliphatic carbocycles. The molecule has 0 aromatic rings. The maximum Gasteiger partial charge on any atom is 0.00418 e. The predicted octanol–water partition coefficient (Wildman–Crippen LogP) is 5.16. The first-order valence-electron chi connectivity index (χ1n) is 9.87. The van der Waals surface area contributed by atoms with Crippen molar-refractivity contribution in [3.63, 3.8) is 0 Å². The van der Waals surface area contributed by atoms with Gasteiger partial charge in [-0.15, -0.1) is 6.58 Å². The molecule has 0 radical (unpaired) electrons. The van der Waals surface area contributed by atoms with Gasteiger partial charge in [-0.1, -0.05) is 19.9 Å². The van der Waals surface area contributed by atoms with E-state index < -0.39 is 0 Å². The number of fused-ring (bicyclic) bond motifs is 5. The maximum absolute atomic E-state index is 6.30. The lowest BCUT2D eigenvalue weighted by molar-refractivity contribution is -0.110. The second kappa shape index (κ2) is 5.10. The van der Waals surface area contributed by atoms with Gasteiger partial charge in [0.1, 0.15) is 0 Å². The van der Waals surface area contributed by atoms with Crippen LogP contribution in [0.3, 0.4) is 0 Å². The highest BCUT2D eigenvalue weighted by Gasteiger charge is 2.59. The molecule has 8 atom stereocenters. The highest BCUT2D eigenvalue weighted by Crippen LogP contribution is 2.67. The molecule has 4 fully saturated rings. The van der Waals surface area contributed by atoms with Crippen molar-refractivity contribution in [2.24, 2.45) is 46.2 Å². The Bertz CT molecular complexity index is 457. The van der Waals surface area contributed by atoms with E-state index in [9.17, 15) is 0 Å². The van der Waals surface area contributed by atoms with Crippen LogP contribution in [-0.2, 0) is 0 Å². The normalized spacial score (nSPS) is 57.6. The molecule has 0 aromatic carbocycles. The molecule has 0 amide bonds. The minimum Gasteiger partial charge on any atom is -0.328 e. The van der Waals surface area contributed by atoms with Crippen LogP contribution in [0.4, 0.5) is 0 Å². The average molecular weight is 302 g/mol. The van der Waals surface area contributed by atoms with Gasteiger partial charge < -0.3 is 5.73 Å². The molecule has 3 unspecified atom stereocenters. The maximum atomic E-state index is 6.30. The first-order valence-corrected chi connectivity index (χ1v) is 9.87. The second-order valence-corrected chi connectivity index (χ2v) is 9.66. The zero-order valence-electron chi connectivity index (χ0n) is 14.7. The van der Waals surface area contributed by atoms with Crippen LogP contribution in [-0.4, -0.2) is 6.04 Å². The Balaban J connectivity index is 1.62. The van der Waals surface area contributed by atoms with Gasteiger partial charge in [0.25, 0.3) is 0 Å². The van der Waals surface area contributed by atoms with Crippen LogP contribution < -0.4 is 5.73 Å². The van der Waals surface area contributed by atoms with Gasteiger partial charge in [0, 0.05) is 6.04 Å². The molecule has 0 aromatic heterocycles. The standard InChI is InChI=1S/C21H35N/c1-4-14-6-8-18-17-7-5-15-13-16(22)9-11-21(15,3)19(17)10-12-20(14,18)2/h4,14-19H,1,5-13,22H2,2-3H3/t14-,15?,16-,17-,18?,19?,20+,21-/m1/s1. The molecule has 124 valence electrons. The lowest BCUT2D eigenvalue weighted by Gasteiger charge is -2.61. The number of rotatable bonds is 1. The summed E-state index contributed by atoms with van der Waals surface area (Å²) in [6, 6.07) is 0.486. The molecule has 0 saturated heterocycles. The Hall–Kier alpha value is -0.300. The molecule has 1 heteroatoms. The Morgan fingerprint density at radius 3 is 2.41 bits per heavy atom. The van der Waals surface area contributed by atoms with Crippen LogP contribution in [0.25, 0.3) is 0 Å². The third-order valence-corrected chi connectivity index (χ3v) is 9.06. The van der Waals surface area contributed by atoms with E-state index in [1.165, 1.54) is 57.8 Å². The third-order valence-electron chi connectivity index (χ3n) is 9.06. The number of hydrogen-bond acceptors (Lipinski definition) is 1. The SMILES string of the molecule is C=C[C@@H]1CCC2[C@H]3CCC4C[C@H](N)CC[C@@]4(C)C3CC[C@]21C. The van der Waals surface area contributed by atoms with Crippen LogP contribution in [0.2, 0.25) is 0 Å². The molecule has 0 heterocycles. The van der Waals surface area contributed by atoms with Gasteiger partial charge in [-0.2, -0.15) is 0 Å². The van der Waals surface area contributed by atoms with E-state index in [1.807, 2.05) is 0 Å². The Morgan fingerprint density at radius 2 is 1.64 bits per heavy atom. The quantitative estimate of drug-likeness (QED) is 0.665. The van der Waals surface area contributed by atoms with Crippen molar-refractivity contribution in [3.8, 4) is 0 Å². The molecule has 2 N–H and O–H groups in total. The van der Waals surface area contributed by atoms with Crippen molar-refractivity contribution >= 4 is 0 Å². The van der Waals surface area contributed by atoms with E-state index in [-0.39, 0.29) is 0 Å². The highest BCUT2D eigenvalue weighted by molar-refractivity contribution is 5.11. The Kier molecular flexibility index (Phi) is 3.53. The molecule has 4 aliphatic rings. The van der Waals surface area contributed by atoms with Crippen molar-refractivity contribution in [2.45, 2.75) is 77.7 Å². The zero-order valence-corrected chi connectivity index (χ0v) is 14.7. The summed E-state index contributed by atoms with van der Waals surface area (Å²) < 4.78 is 0. The van der Waals surface area contributed by atoms with Crippen molar-refractivity contribution in [3.05, 3.63) is 12.7 Å². The van der Waals surface area contributed by atoms with E-state index in [2.05, 4.69) is 26.5 Å². The molecular formula is C21H35N. The number of nitrogens with two attached hydrogens (primary N) is 1. The summed E-state index contributed by atoms with van der Waals surface area (Å²) in [5.74, 6) is 4.66. The summed E-state index contributed by atoms with van der Waals surface area (Å²) >= 11 is 0. The lowest BCUT2D eigenvalue weighted by atomic mass is 9.44. The van der Waals surface area contributed by atoms with E-state index in [1.54, 1.807) is 0 Å². The first kappa shape index (κ1) is 15.2. The minimum absolute atomic E-state index is 0.486. The van der Waals surface area contributed by atoms with Crippen LogP contribution in [0.15, 0.2) is 12.7 Å². The molecule has 0 bridgehead atoms. The smallest absolute Gasteiger partial charge is 0.00418 e. The van der Waals surface area contributed by atoms with E-state index in [4.69, 9.17) is 5.73 Å². The number of allylic oxidation sites excluding steroid dienone is 1. The van der Waals surface area contributed by atoms with E-state index in [0.29, 0.717) is 16.9 Å². The Labute approximate surface area is 137 Å². The highest BCUT2D eigenvalue weighted by atomic mass is 14.7. The fourth-order valence-electron chi connectivity index (χ4n) is 7.72. The van der Waals surface area contributed by atoms with Crippen molar-refractivity contribution < 1.29 is 0 Å². The van der Waals surface area contributed by atoms with Crippen molar-refractivity contribution in [2.75, 3.05) is 0 Å². The molecule has 1 nitrogen and oxygen atoms in total. The zero-order chi connectivity index (χ0) is 15.5. The first-order chi connectivity index (χ1) is 10.5. The van der Waals surface area contributed by atoms with E-state index in [0.717, 1.165) is 29.6 Å². The van der Waals surface area contributed by atoms with Crippen LogP contribution >= 0.6 is 0 Å². The fraction of sp³-hybridized carbons (Fsp3) is 0.905. The molecule has 0 spiro atoms. The summed E-state index contributed by atoms with van der Waals surface area (Å²) in [4.78, 5) is 0. The molecule has 0 aliphatic heterocycles. The van der Waals surface area contributed by atoms with Gasteiger partial charge in [-0.3, -0.25) is 0 Å². The second-order valence-electron chi connectivity index (χ2n) is 9.66. The van der Waals surface area contributed by atoms with Gasteiger partial charge >= 0.3 is 0 Å². The van der Waals surface area contributed by atoms with Crippen LogP contribution in [0.5, 0.6) is 0 Å².